The lowest BCUT2D eigenvalue weighted by atomic mass is 10.2. The highest BCUT2D eigenvalue weighted by molar-refractivity contribution is 5.85. The van der Waals surface area contributed by atoms with Gasteiger partial charge in [-0.15, -0.1) is 0 Å². The monoisotopic (exact) mass is 251 g/mol. The second kappa shape index (κ2) is 6.68. The zero-order chi connectivity index (χ0) is 13.5. The van der Waals surface area contributed by atoms with Gasteiger partial charge in [0.15, 0.2) is 11.9 Å². The Morgan fingerprint density at radius 1 is 1.44 bits per heavy atom. The van der Waals surface area contributed by atoms with Crippen LogP contribution in [0.25, 0.3) is 0 Å². The van der Waals surface area contributed by atoms with Gasteiger partial charge in [0.05, 0.1) is 6.20 Å². The Bertz CT molecular complexity index is 408. The maximum atomic E-state index is 11.6. The van der Waals surface area contributed by atoms with E-state index in [2.05, 4.69) is 9.97 Å². The molecular formula is C12H17N3O3. The number of hydrogen-bond acceptors (Lipinski definition) is 6. The van der Waals surface area contributed by atoms with Crippen LogP contribution >= 0.6 is 0 Å². The van der Waals surface area contributed by atoms with Crippen LogP contribution in [0.1, 0.15) is 20.3 Å². The fourth-order valence-corrected chi connectivity index (χ4v) is 1.35. The summed E-state index contributed by atoms with van der Waals surface area (Å²) in [6, 6.07) is 0. The highest BCUT2D eigenvalue weighted by Crippen LogP contribution is 2.05. The van der Waals surface area contributed by atoms with E-state index in [1.54, 1.807) is 44.4 Å². The predicted molar refractivity (Wildman–Crippen MR) is 66.2 cm³/mol. The van der Waals surface area contributed by atoms with Gasteiger partial charge in [-0.3, -0.25) is 14.6 Å². The number of likely N-dealkylation sites (N-methyl/N-ethyl adjacent to an activating group) is 1. The molecule has 0 unspecified atom stereocenters. The van der Waals surface area contributed by atoms with E-state index in [4.69, 9.17) is 4.74 Å². The summed E-state index contributed by atoms with van der Waals surface area (Å²) >= 11 is 0. The summed E-state index contributed by atoms with van der Waals surface area (Å²) in [7, 11) is 1.71. The molecule has 1 aromatic rings. The largest absolute Gasteiger partial charge is 0.453 e. The third kappa shape index (κ3) is 4.12. The van der Waals surface area contributed by atoms with Crippen molar-refractivity contribution in [1.29, 1.82) is 0 Å². The van der Waals surface area contributed by atoms with Gasteiger partial charge in [-0.2, -0.15) is 0 Å². The number of esters is 1. The molecule has 98 valence electrons. The lowest BCUT2D eigenvalue weighted by molar-refractivity contribution is -0.152. The van der Waals surface area contributed by atoms with Gasteiger partial charge < -0.3 is 9.64 Å². The number of Topliss-reactive ketones (excluding diaryl/α,β-unsaturated/α-hetero) is 1. The van der Waals surface area contributed by atoms with Crippen LogP contribution in [0.15, 0.2) is 18.6 Å². The van der Waals surface area contributed by atoms with Crippen LogP contribution in [-0.4, -0.2) is 41.4 Å². The summed E-state index contributed by atoms with van der Waals surface area (Å²) in [4.78, 5) is 32.4. The zero-order valence-electron chi connectivity index (χ0n) is 10.8. The molecule has 0 aliphatic rings. The first-order valence-corrected chi connectivity index (χ1v) is 5.74. The Labute approximate surface area is 106 Å². The molecular weight excluding hydrogens is 234 g/mol. The molecule has 0 bridgehead atoms. The highest BCUT2D eigenvalue weighted by Gasteiger charge is 2.17. The second-order valence-corrected chi connectivity index (χ2v) is 3.87. The number of hydrogen-bond donors (Lipinski definition) is 0. The Hall–Kier alpha value is -1.98. The lowest BCUT2D eigenvalue weighted by Gasteiger charge is -2.18. The molecule has 0 saturated carbocycles. The van der Waals surface area contributed by atoms with Crippen molar-refractivity contribution in [2.75, 3.05) is 18.5 Å². The number of anilines is 1. The van der Waals surface area contributed by atoms with Crippen molar-refractivity contribution in [2.45, 2.75) is 26.4 Å². The molecule has 1 rings (SSSR count). The minimum absolute atomic E-state index is 0.0278. The average Bonchev–Trinajstić information content (AvgIpc) is 2.38. The molecule has 0 aromatic carbocycles. The van der Waals surface area contributed by atoms with Crippen molar-refractivity contribution in [3.05, 3.63) is 18.6 Å². The van der Waals surface area contributed by atoms with Crippen LogP contribution in [0.3, 0.4) is 0 Å². The molecule has 0 fully saturated rings. The number of ketones is 1. The van der Waals surface area contributed by atoms with Gasteiger partial charge in [0.25, 0.3) is 0 Å². The molecule has 18 heavy (non-hydrogen) atoms. The number of rotatable bonds is 6. The molecule has 1 aromatic heterocycles. The van der Waals surface area contributed by atoms with E-state index < -0.39 is 12.1 Å². The summed E-state index contributed by atoms with van der Waals surface area (Å²) in [5.41, 5.74) is 0. The fraction of sp³-hybridized carbons (Fsp3) is 0.500. The Morgan fingerprint density at radius 3 is 2.72 bits per heavy atom. The van der Waals surface area contributed by atoms with Gasteiger partial charge in [-0.1, -0.05) is 6.92 Å². The third-order valence-corrected chi connectivity index (χ3v) is 2.42. The van der Waals surface area contributed by atoms with E-state index in [1.165, 1.54) is 0 Å². The smallest absolute Gasteiger partial charge is 0.326 e. The molecule has 0 aliphatic heterocycles. The third-order valence-electron chi connectivity index (χ3n) is 2.42. The first-order valence-electron chi connectivity index (χ1n) is 5.74. The number of carbonyl (C=O) groups excluding carboxylic acids is 2. The maximum Gasteiger partial charge on any atom is 0.326 e. The van der Waals surface area contributed by atoms with Gasteiger partial charge in [-0.05, 0) is 6.92 Å². The summed E-state index contributed by atoms with van der Waals surface area (Å²) < 4.78 is 5.02. The standard InChI is InChI=1S/C12H17N3O3/c1-4-10(16)9(2)18-12(17)8-15(3)11-7-13-5-6-14-11/h5-7,9H,4,8H2,1-3H3/t9-/m1/s1. The van der Waals surface area contributed by atoms with E-state index in [-0.39, 0.29) is 12.3 Å². The average molecular weight is 251 g/mol. The van der Waals surface area contributed by atoms with E-state index in [0.717, 1.165) is 0 Å². The van der Waals surface area contributed by atoms with Crippen LogP contribution in [0, 0.1) is 0 Å². The van der Waals surface area contributed by atoms with Crippen molar-refractivity contribution in [1.82, 2.24) is 9.97 Å². The second-order valence-electron chi connectivity index (χ2n) is 3.87. The van der Waals surface area contributed by atoms with Gasteiger partial charge in [0, 0.05) is 25.9 Å². The van der Waals surface area contributed by atoms with Gasteiger partial charge in [0.2, 0.25) is 0 Å². The highest BCUT2D eigenvalue weighted by atomic mass is 16.5. The number of aromatic nitrogens is 2. The van der Waals surface area contributed by atoms with Crippen molar-refractivity contribution >= 4 is 17.6 Å². The molecule has 1 heterocycles. The van der Waals surface area contributed by atoms with E-state index in [9.17, 15) is 9.59 Å². The summed E-state index contributed by atoms with van der Waals surface area (Å²) in [5, 5.41) is 0. The van der Waals surface area contributed by atoms with Crippen molar-refractivity contribution < 1.29 is 14.3 Å². The molecule has 0 amide bonds. The van der Waals surface area contributed by atoms with Gasteiger partial charge in [0.1, 0.15) is 12.4 Å². The number of ether oxygens (including phenoxy) is 1. The molecule has 0 saturated heterocycles. The van der Waals surface area contributed by atoms with Gasteiger partial charge >= 0.3 is 5.97 Å². The fourth-order valence-electron chi connectivity index (χ4n) is 1.35. The zero-order valence-corrected chi connectivity index (χ0v) is 10.8. The summed E-state index contributed by atoms with van der Waals surface area (Å²) in [6.45, 7) is 3.34. The number of nitrogens with zero attached hydrogens (tertiary/aromatic N) is 3. The number of carbonyl (C=O) groups is 2. The van der Waals surface area contributed by atoms with Crippen LogP contribution < -0.4 is 4.90 Å². The first kappa shape index (κ1) is 14.1. The molecule has 1 atom stereocenters. The summed E-state index contributed by atoms with van der Waals surface area (Å²) in [6.07, 6.45) is 4.30. The molecule has 0 N–H and O–H groups in total. The van der Waals surface area contributed by atoms with Crippen LogP contribution in [0.5, 0.6) is 0 Å². The molecule has 6 nitrogen and oxygen atoms in total. The van der Waals surface area contributed by atoms with Crippen LogP contribution in [0.4, 0.5) is 5.82 Å². The van der Waals surface area contributed by atoms with E-state index in [1.807, 2.05) is 0 Å². The Kier molecular flexibility index (Phi) is 5.23. The lowest BCUT2D eigenvalue weighted by Crippen LogP contribution is -2.32. The van der Waals surface area contributed by atoms with Crippen molar-refractivity contribution in [2.24, 2.45) is 0 Å². The van der Waals surface area contributed by atoms with Crippen molar-refractivity contribution in [3.63, 3.8) is 0 Å². The minimum atomic E-state index is -0.697. The minimum Gasteiger partial charge on any atom is -0.453 e. The van der Waals surface area contributed by atoms with E-state index in [0.29, 0.717) is 12.2 Å². The predicted octanol–water partition coefficient (Wildman–Crippen LogP) is 0.824. The quantitative estimate of drug-likeness (QED) is 0.697. The van der Waals surface area contributed by atoms with Crippen molar-refractivity contribution in [3.8, 4) is 0 Å². The normalized spacial score (nSPS) is 11.7. The van der Waals surface area contributed by atoms with E-state index >= 15 is 0 Å². The molecule has 0 radical (unpaired) electrons. The van der Waals surface area contributed by atoms with Crippen LogP contribution in [0.2, 0.25) is 0 Å². The Morgan fingerprint density at radius 2 is 2.17 bits per heavy atom. The maximum absolute atomic E-state index is 11.6. The van der Waals surface area contributed by atoms with Crippen LogP contribution in [-0.2, 0) is 14.3 Å². The molecule has 0 spiro atoms. The topological polar surface area (TPSA) is 72.4 Å². The Balaban J connectivity index is 2.48. The molecule has 6 heteroatoms. The van der Waals surface area contributed by atoms with Gasteiger partial charge in [-0.25, -0.2) is 4.98 Å². The first-order chi connectivity index (χ1) is 8.54. The summed E-state index contributed by atoms with van der Waals surface area (Å²) in [5.74, 6) is 0.0203. The molecule has 0 aliphatic carbocycles. The SMILES string of the molecule is CCC(=O)[C@@H](C)OC(=O)CN(C)c1cnccn1.